The predicted molar refractivity (Wildman–Crippen MR) is 61.4 cm³/mol. The summed E-state index contributed by atoms with van der Waals surface area (Å²) in [5, 5.41) is 9.03. The average Bonchev–Trinajstić information content (AvgIpc) is 2.59. The molecule has 1 aliphatic heterocycles. The summed E-state index contributed by atoms with van der Waals surface area (Å²) in [6, 6.07) is -1.20. The number of carbonyl (C=O) groups excluding carboxylic acids is 1. The first kappa shape index (κ1) is 13.9. The molecule has 17 heavy (non-hydrogen) atoms. The van der Waals surface area contributed by atoms with Crippen molar-refractivity contribution in [3.63, 3.8) is 0 Å². The van der Waals surface area contributed by atoms with Gasteiger partial charge in [-0.3, -0.25) is 4.79 Å². The van der Waals surface area contributed by atoms with Crippen LogP contribution in [0.15, 0.2) is 0 Å². The first-order valence-corrected chi connectivity index (χ1v) is 5.68. The number of hydrogen-bond donors (Lipinski definition) is 2. The number of hydrogen-bond acceptors (Lipinski definition) is 4. The number of nitrogens with two attached hydrogens (primary N) is 1. The summed E-state index contributed by atoms with van der Waals surface area (Å²) in [5.74, 6) is -1.27. The number of carboxylic acid groups (broad SMARTS) is 1. The first-order chi connectivity index (χ1) is 7.84. The molecule has 6 nitrogen and oxygen atoms in total. The van der Waals surface area contributed by atoms with Gasteiger partial charge in [0.15, 0.2) is 0 Å². The molecule has 1 saturated heterocycles. The molecule has 1 rings (SSSR count). The maximum atomic E-state index is 12.3. The van der Waals surface area contributed by atoms with Gasteiger partial charge in [-0.2, -0.15) is 0 Å². The van der Waals surface area contributed by atoms with Crippen LogP contribution in [-0.4, -0.2) is 54.2 Å². The van der Waals surface area contributed by atoms with Gasteiger partial charge in [0.1, 0.15) is 6.04 Å². The summed E-state index contributed by atoms with van der Waals surface area (Å²) in [5.41, 5.74) is 5.03. The number of amides is 1. The normalized spacial score (nSPS) is 30.0. The van der Waals surface area contributed by atoms with E-state index in [0.717, 1.165) is 0 Å². The van der Waals surface area contributed by atoms with Crippen LogP contribution in [0.3, 0.4) is 0 Å². The molecule has 3 N–H and O–H groups in total. The highest BCUT2D eigenvalue weighted by molar-refractivity contribution is 5.88. The van der Waals surface area contributed by atoms with Crippen LogP contribution in [0.25, 0.3) is 0 Å². The zero-order valence-electron chi connectivity index (χ0n) is 10.5. The van der Waals surface area contributed by atoms with Crippen molar-refractivity contribution in [2.24, 2.45) is 11.1 Å². The fraction of sp³-hybridized carbons (Fsp3) is 0.818. The highest BCUT2D eigenvalue weighted by Gasteiger charge is 2.47. The first-order valence-electron chi connectivity index (χ1n) is 5.68. The third-order valence-corrected chi connectivity index (χ3v) is 3.47. The molecular weight excluding hydrogens is 224 g/mol. The molecule has 1 heterocycles. The number of ether oxygens (including phenoxy) is 1. The topological polar surface area (TPSA) is 92.9 Å². The third kappa shape index (κ3) is 2.42. The van der Waals surface area contributed by atoms with Crippen LogP contribution < -0.4 is 5.73 Å². The molecule has 6 heteroatoms. The summed E-state index contributed by atoms with van der Waals surface area (Å²) in [6.07, 6.45) is 0.365. The van der Waals surface area contributed by atoms with Crippen LogP contribution in [-0.2, 0) is 14.3 Å². The van der Waals surface area contributed by atoms with Gasteiger partial charge in [0, 0.05) is 13.1 Å². The van der Waals surface area contributed by atoms with E-state index in [-0.39, 0.29) is 18.6 Å². The van der Waals surface area contributed by atoms with Gasteiger partial charge < -0.3 is 20.5 Å². The highest BCUT2D eigenvalue weighted by Crippen LogP contribution is 2.30. The van der Waals surface area contributed by atoms with E-state index in [1.54, 1.807) is 13.8 Å². The number of rotatable bonds is 4. The quantitative estimate of drug-likeness (QED) is 0.706. The molecular formula is C11H20N2O4. The molecule has 0 spiro atoms. The lowest BCUT2D eigenvalue weighted by Gasteiger charge is -2.33. The summed E-state index contributed by atoms with van der Waals surface area (Å²) in [6.45, 7) is 4.03. The predicted octanol–water partition coefficient (Wildman–Crippen LogP) is -0.328. The molecule has 0 saturated carbocycles. The summed E-state index contributed by atoms with van der Waals surface area (Å²) in [4.78, 5) is 24.6. The zero-order chi connectivity index (χ0) is 13.2. The molecule has 0 aliphatic carbocycles. The summed E-state index contributed by atoms with van der Waals surface area (Å²) < 4.78 is 5.20. The fourth-order valence-electron chi connectivity index (χ4n) is 2.07. The Morgan fingerprint density at radius 2 is 2.24 bits per heavy atom. The molecule has 0 aromatic rings. The molecule has 1 amide bonds. The van der Waals surface area contributed by atoms with Crippen molar-refractivity contribution >= 4 is 11.9 Å². The zero-order valence-corrected chi connectivity index (χ0v) is 10.5. The molecule has 1 aliphatic rings. The van der Waals surface area contributed by atoms with E-state index in [2.05, 4.69) is 0 Å². The van der Waals surface area contributed by atoms with Gasteiger partial charge in [-0.15, -0.1) is 0 Å². The number of carboxylic acids is 1. The van der Waals surface area contributed by atoms with E-state index >= 15 is 0 Å². The monoisotopic (exact) mass is 244 g/mol. The van der Waals surface area contributed by atoms with Gasteiger partial charge >= 0.3 is 5.97 Å². The van der Waals surface area contributed by atoms with E-state index in [0.29, 0.717) is 13.0 Å². The van der Waals surface area contributed by atoms with Crippen molar-refractivity contribution < 1.29 is 19.4 Å². The number of aliphatic carboxylic acids is 1. The summed E-state index contributed by atoms with van der Waals surface area (Å²) in [7, 11) is 1.50. The maximum absolute atomic E-state index is 12.3. The van der Waals surface area contributed by atoms with Crippen molar-refractivity contribution in [3.05, 3.63) is 0 Å². The molecule has 0 radical (unpaired) electrons. The second kappa shape index (κ2) is 5.01. The molecule has 0 aromatic carbocycles. The van der Waals surface area contributed by atoms with Crippen molar-refractivity contribution in [1.29, 1.82) is 0 Å². The molecule has 0 aromatic heterocycles. The van der Waals surface area contributed by atoms with Crippen molar-refractivity contribution in [3.8, 4) is 0 Å². The van der Waals surface area contributed by atoms with Gasteiger partial charge in [-0.25, -0.2) is 4.79 Å². The maximum Gasteiger partial charge on any atom is 0.326 e. The Kier molecular flexibility index (Phi) is 4.11. The Balaban J connectivity index is 2.85. The number of carbonyl (C=O) groups is 2. The molecule has 1 fully saturated rings. The van der Waals surface area contributed by atoms with Crippen LogP contribution in [0.1, 0.15) is 20.3 Å². The SMILES string of the molecule is CCC(C(=O)O)N(C)C(=O)C1(C)COCC1N. The van der Waals surface area contributed by atoms with E-state index < -0.39 is 17.4 Å². The van der Waals surface area contributed by atoms with E-state index in [9.17, 15) is 9.59 Å². The Hall–Kier alpha value is -1.14. The van der Waals surface area contributed by atoms with Crippen molar-refractivity contribution in [2.75, 3.05) is 20.3 Å². The smallest absolute Gasteiger partial charge is 0.326 e. The van der Waals surface area contributed by atoms with Gasteiger partial charge in [-0.1, -0.05) is 6.92 Å². The van der Waals surface area contributed by atoms with Gasteiger partial charge in [0.25, 0.3) is 0 Å². The standard InChI is InChI=1S/C11H20N2O4/c1-4-7(9(14)15)13(3)10(16)11(2)6-17-5-8(11)12/h7-8H,4-6,12H2,1-3H3,(H,14,15). The Bertz CT molecular complexity index is 321. The van der Waals surface area contributed by atoms with Gasteiger partial charge in [-0.05, 0) is 13.3 Å². The number of likely N-dealkylation sites (N-methyl/N-ethyl adjacent to an activating group) is 1. The summed E-state index contributed by atoms with van der Waals surface area (Å²) >= 11 is 0. The van der Waals surface area contributed by atoms with Crippen LogP contribution in [0.2, 0.25) is 0 Å². The van der Waals surface area contributed by atoms with E-state index in [4.69, 9.17) is 15.6 Å². The number of nitrogens with zero attached hydrogens (tertiary/aromatic N) is 1. The van der Waals surface area contributed by atoms with E-state index in [1.807, 2.05) is 0 Å². The molecule has 3 unspecified atom stereocenters. The third-order valence-electron chi connectivity index (χ3n) is 3.47. The van der Waals surface area contributed by atoms with Gasteiger partial charge in [0.05, 0.1) is 18.6 Å². The lowest BCUT2D eigenvalue weighted by Crippen LogP contribution is -2.54. The molecule has 0 bridgehead atoms. The molecule has 98 valence electrons. The van der Waals surface area contributed by atoms with Crippen molar-refractivity contribution in [1.82, 2.24) is 4.90 Å². The lowest BCUT2D eigenvalue weighted by atomic mass is 9.84. The lowest BCUT2D eigenvalue weighted by molar-refractivity contribution is -0.153. The van der Waals surface area contributed by atoms with Crippen molar-refractivity contribution in [2.45, 2.75) is 32.4 Å². The van der Waals surface area contributed by atoms with Crippen LogP contribution in [0, 0.1) is 5.41 Å². The second-order valence-corrected chi connectivity index (χ2v) is 4.72. The average molecular weight is 244 g/mol. The Morgan fingerprint density at radius 1 is 1.65 bits per heavy atom. The van der Waals surface area contributed by atoms with Gasteiger partial charge in [0.2, 0.25) is 5.91 Å². The Morgan fingerprint density at radius 3 is 2.59 bits per heavy atom. The van der Waals surface area contributed by atoms with Crippen LogP contribution >= 0.6 is 0 Å². The van der Waals surface area contributed by atoms with Crippen LogP contribution in [0.5, 0.6) is 0 Å². The Labute approximate surface area is 101 Å². The largest absolute Gasteiger partial charge is 0.480 e. The molecule has 3 atom stereocenters. The minimum absolute atomic E-state index is 0.243. The van der Waals surface area contributed by atoms with Crippen LogP contribution in [0.4, 0.5) is 0 Å². The van der Waals surface area contributed by atoms with E-state index in [1.165, 1.54) is 11.9 Å². The highest BCUT2D eigenvalue weighted by atomic mass is 16.5. The minimum atomic E-state index is -1.00. The minimum Gasteiger partial charge on any atom is -0.480 e. The second-order valence-electron chi connectivity index (χ2n) is 4.72. The fourth-order valence-corrected chi connectivity index (χ4v) is 2.07.